The van der Waals surface area contributed by atoms with Crippen LogP contribution in [0.15, 0.2) is 45.8 Å². The van der Waals surface area contributed by atoms with Gasteiger partial charge in [-0.1, -0.05) is 30.3 Å². The highest BCUT2D eigenvalue weighted by atomic mass is 79.9. The summed E-state index contributed by atoms with van der Waals surface area (Å²) >= 11 is 3.34. The fourth-order valence-electron chi connectivity index (χ4n) is 4.43. The number of pyridine rings is 1. The number of fused-ring (bicyclic) bond motifs is 1. The van der Waals surface area contributed by atoms with Gasteiger partial charge < -0.3 is 14.4 Å². The van der Waals surface area contributed by atoms with Gasteiger partial charge in [-0.05, 0) is 33.0 Å². The van der Waals surface area contributed by atoms with Crippen LogP contribution in [0, 0.1) is 0 Å². The topological polar surface area (TPSA) is 90.3 Å². The highest BCUT2D eigenvalue weighted by Gasteiger charge is 2.52. The molecule has 4 rings (SSSR count). The SMILES string of the molecule is CCO[P+](=O)CCCN1C(=O)c2c(OCc3ccccc3)c(=O)c(Br)cn2N(C)C12CCOC2. The highest BCUT2D eigenvalue weighted by molar-refractivity contribution is 9.10. The maximum Gasteiger partial charge on any atom is 0.508 e. The van der Waals surface area contributed by atoms with Gasteiger partial charge in [0, 0.05) is 32.6 Å². The van der Waals surface area contributed by atoms with Crippen LogP contribution in [0.4, 0.5) is 0 Å². The number of likely N-dealkylation sites (N-methyl/N-ethyl adjacent to an activating group) is 1. The van der Waals surface area contributed by atoms with Crippen LogP contribution >= 0.6 is 24.0 Å². The van der Waals surface area contributed by atoms with Gasteiger partial charge in [0.15, 0.2) is 23.3 Å². The first-order chi connectivity index (χ1) is 16.4. The van der Waals surface area contributed by atoms with Crippen LogP contribution in [0.3, 0.4) is 0 Å². The van der Waals surface area contributed by atoms with E-state index in [0.717, 1.165) is 5.56 Å². The number of carbonyl (C=O) groups is 1. The predicted molar refractivity (Wildman–Crippen MR) is 131 cm³/mol. The van der Waals surface area contributed by atoms with E-state index < -0.39 is 13.7 Å². The minimum Gasteiger partial charge on any atom is -0.482 e. The van der Waals surface area contributed by atoms with Gasteiger partial charge in [-0.15, -0.1) is 4.52 Å². The first-order valence-corrected chi connectivity index (χ1v) is 13.4. The third kappa shape index (κ3) is 4.64. The fourth-order valence-corrected chi connectivity index (χ4v) is 5.62. The van der Waals surface area contributed by atoms with Crippen LogP contribution in [0.25, 0.3) is 0 Å². The van der Waals surface area contributed by atoms with Crippen LogP contribution in [0.5, 0.6) is 5.75 Å². The molecule has 182 valence electrons. The summed E-state index contributed by atoms with van der Waals surface area (Å²) in [7, 11) is 0.0958. The maximum atomic E-state index is 13.9. The Morgan fingerprint density at radius 2 is 2.00 bits per heavy atom. The molecule has 1 spiro atoms. The fraction of sp³-hybridized carbons (Fsp3) is 0.478. The van der Waals surface area contributed by atoms with Crippen molar-refractivity contribution in [2.24, 2.45) is 0 Å². The van der Waals surface area contributed by atoms with E-state index in [9.17, 15) is 14.2 Å². The number of benzene rings is 1. The monoisotopic (exact) mass is 552 g/mol. The van der Waals surface area contributed by atoms with Crippen LogP contribution in [-0.2, 0) is 20.4 Å². The van der Waals surface area contributed by atoms with E-state index in [4.69, 9.17) is 14.0 Å². The summed E-state index contributed by atoms with van der Waals surface area (Å²) in [5, 5.41) is 1.93. The van der Waals surface area contributed by atoms with E-state index in [1.54, 1.807) is 22.7 Å². The minimum absolute atomic E-state index is 0.00534. The number of amides is 1. The third-order valence-electron chi connectivity index (χ3n) is 6.18. The molecular weight excluding hydrogens is 525 g/mol. The normalized spacial score (nSPS) is 20.1. The lowest BCUT2D eigenvalue weighted by Crippen LogP contribution is -2.70. The number of aromatic nitrogens is 1. The van der Waals surface area contributed by atoms with Gasteiger partial charge >= 0.3 is 8.03 Å². The molecule has 2 aromatic rings. The summed E-state index contributed by atoms with van der Waals surface area (Å²) in [6.45, 7) is 3.52. The van der Waals surface area contributed by atoms with Gasteiger partial charge in [-0.3, -0.25) is 19.3 Å². The molecule has 2 atom stereocenters. The van der Waals surface area contributed by atoms with Crippen molar-refractivity contribution in [3.63, 3.8) is 0 Å². The van der Waals surface area contributed by atoms with Gasteiger partial charge in [-0.25, -0.2) is 0 Å². The first kappa shape index (κ1) is 24.9. The lowest BCUT2D eigenvalue weighted by Gasteiger charge is -2.51. The van der Waals surface area contributed by atoms with Crippen molar-refractivity contribution in [2.45, 2.75) is 32.0 Å². The number of rotatable bonds is 9. The zero-order valence-electron chi connectivity index (χ0n) is 19.2. The molecule has 1 aromatic carbocycles. The molecule has 1 aromatic heterocycles. The Kier molecular flexibility index (Phi) is 7.72. The molecule has 1 fully saturated rings. The number of hydrogen-bond acceptors (Lipinski definition) is 7. The summed E-state index contributed by atoms with van der Waals surface area (Å²) in [6.07, 6.45) is 3.06. The molecule has 3 heterocycles. The molecule has 2 unspecified atom stereocenters. The van der Waals surface area contributed by atoms with Crippen molar-refractivity contribution in [1.82, 2.24) is 9.58 Å². The van der Waals surface area contributed by atoms with Crippen molar-refractivity contribution in [3.05, 3.63) is 62.5 Å². The van der Waals surface area contributed by atoms with Crippen molar-refractivity contribution in [3.8, 4) is 5.75 Å². The van der Waals surface area contributed by atoms with E-state index in [-0.39, 0.29) is 29.4 Å². The molecular formula is C23H28BrN3O6P+. The lowest BCUT2D eigenvalue weighted by molar-refractivity contribution is 0.0221. The second kappa shape index (κ2) is 10.6. The molecule has 0 radical (unpaired) electrons. The summed E-state index contributed by atoms with van der Waals surface area (Å²) in [5.74, 6) is -0.322. The van der Waals surface area contributed by atoms with Crippen molar-refractivity contribution in [1.29, 1.82) is 0 Å². The molecule has 1 saturated heterocycles. The molecule has 0 bridgehead atoms. The Morgan fingerprint density at radius 1 is 1.24 bits per heavy atom. The molecule has 1 amide bonds. The summed E-state index contributed by atoms with van der Waals surface area (Å²) in [6, 6.07) is 9.47. The molecule has 0 aliphatic carbocycles. The average molecular weight is 553 g/mol. The smallest absolute Gasteiger partial charge is 0.482 e. The number of hydrogen-bond donors (Lipinski definition) is 0. The van der Waals surface area contributed by atoms with E-state index in [0.29, 0.717) is 49.8 Å². The van der Waals surface area contributed by atoms with Crippen molar-refractivity contribution >= 4 is 29.9 Å². The van der Waals surface area contributed by atoms with Gasteiger partial charge in [0.05, 0.1) is 24.3 Å². The Labute approximate surface area is 207 Å². The summed E-state index contributed by atoms with van der Waals surface area (Å²) in [4.78, 5) is 28.7. The Balaban J connectivity index is 1.70. The third-order valence-corrected chi connectivity index (χ3v) is 7.97. The van der Waals surface area contributed by atoms with E-state index in [1.165, 1.54) is 0 Å². The maximum absolute atomic E-state index is 13.9. The average Bonchev–Trinajstić information content (AvgIpc) is 3.32. The van der Waals surface area contributed by atoms with Crippen LogP contribution in [0.2, 0.25) is 0 Å². The predicted octanol–water partition coefficient (Wildman–Crippen LogP) is 3.50. The van der Waals surface area contributed by atoms with Gasteiger partial charge in [0.1, 0.15) is 6.61 Å². The number of nitrogens with zero attached hydrogens (tertiary/aromatic N) is 3. The van der Waals surface area contributed by atoms with E-state index >= 15 is 0 Å². The highest BCUT2D eigenvalue weighted by Crippen LogP contribution is 2.37. The van der Waals surface area contributed by atoms with Crippen molar-refractivity contribution in [2.75, 3.05) is 44.6 Å². The quantitative estimate of drug-likeness (QED) is 0.440. The van der Waals surface area contributed by atoms with E-state index in [1.807, 2.05) is 42.4 Å². The van der Waals surface area contributed by atoms with Crippen LogP contribution in [-0.4, -0.2) is 60.7 Å². The number of halogens is 1. The second-order valence-corrected chi connectivity index (χ2v) is 10.4. The first-order valence-electron chi connectivity index (χ1n) is 11.2. The van der Waals surface area contributed by atoms with Crippen molar-refractivity contribution < 1.29 is 23.4 Å². The molecule has 34 heavy (non-hydrogen) atoms. The number of carbonyl (C=O) groups excluding carboxylic acids is 1. The second-order valence-electron chi connectivity index (χ2n) is 8.20. The number of ether oxygens (including phenoxy) is 2. The Hall–Kier alpha value is -2.26. The molecule has 0 saturated carbocycles. The standard InChI is InChI=1S/C23H28BrN3O6P/c1-3-33-34(30)13-7-11-26-22(29)19-21(32-15-17-8-5-4-6-9-17)20(28)18(24)14-27(19)25(2)23(26)10-12-31-16-23/h4-6,8-9,14H,3,7,10-13,15-16H2,1-2H3/q+1. The minimum atomic E-state index is -1.78. The molecule has 9 nitrogen and oxygen atoms in total. The van der Waals surface area contributed by atoms with E-state index in [2.05, 4.69) is 15.9 Å². The lowest BCUT2D eigenvalue weighted by atomic mass is 10.0. The van der Waals surface area contributed by atoms with Gasteiger partial charge in [0.25, 0.3) is 5.91 Å². The van der Waals surface area contributed by atoms with Gasteiger partial charge in [0.2, 0.25) is 5.43 Å². The Morgan fingerprint density at radius 3 is 2.68 bits per heavy atom. The van der Waals surface area contributed by atoms with Gasteiger partial charge in [-0.2, -0.15) is 0 Å². The zero-order valence-corrected chi connectivity index (χ0v) is 21.7. The summed E-state index contributed by atoms with van der Waals surface area (Å²) < 4.78 is 30.9. The molecule has 2 aliphatic rings. The largest absolute Gasteiger partial charge is 0.508 e. The molecule has 0 N–H and O–H groups in total. The molecule has 2 aliphatic heterocycles. The Bertz CT molecular complexity index is 1120. The zero-order chi connectivity index (χ0) is 24.3. The molecule has 11 heteroatoms. The summed E-state index contributed by atoms with van der Waals surface area (Å²) in [5.41, 5.74) is -0.0539. The van der Waals surface area contributed by atoms with Crippen LogP contribution in [0.1, 0.15) is 35.8 Å². The van der Waals surface area contributed by atoms with Crippen LogP contribution < -0.4 is 15.2 Å².